The lowest BCUT2D eigenvalue weighted by Gasteiger charge is -2.38. The van der Waals surface area contributed by atoms with E-state index in [9.17, 15) is 4.79 Å². The van der Waals surface area contributed by atoms with Crippen molar-refractivity contribution in [3.8, 4) is 6.07 Å². The molecule has 0 aromatic carbocycles. The summed E-state index contributed by atoms with van der Waals surface area (Å²) in [6, 6.07) is 6.28. The number of hydrogen-bond acceptors (Lipinski definition) is 5. The molecule has 7 nitrogen and oxygen atoms in total. The molecule has 0 unspecified atom stereocenters. The number of nitrogens with zero attached hydrogens (tertiary/aromatic N) is 4. The van der Waals surface area contributed by atoms with Gasteiger partial charge in [0.05, 0.1) is 5.56 Å². The predicted molar refractivity (Wildman–Crippen MR) is 96.2 cm³/mol. The number of nitrogens with one attached hydrogen (secondary N) is 2. The molecule has 1 saturated heterocycles. The first-order valence-electron chi connectivity index (χ1n) is 9.14. The number of piperazine rings is 1. The van der Waals surface area contributed by atoms with Crippen LogP contribution in [0.15, 0.2) is 18.3 Å². The molecule has 1 aromatic heterocycles. The second kappa shape index (κ2) is 8.67. The van der Waals surface area contributed by atoms with Gasteiger partial charge in [0.1, 0.15) is 11.9 Å². The smallest absolute Gasteiger partial charge is 0.317 e. The van der Waals surface area contributed by atoms with Crippen LogP contribution in [-0.4, -0.2) is 66.1 Å². The highest BCUT2D eigenvalue weighted by Crippen LogP contribution is 2.24. The standard InChI is InChI=1S/C18H26N6O/c19-14-15-4-3-7-20-17(15)21-8-9-22-18(25)24-12-10-23(11-13-24)16-5-1-2-6-16/h3-4,7,16H,1-2,5-6,8-13H2,(H,20,21)(H,22,25). The topological polar surface area (TPSA) is 84.3 Å². The highest BCUT2D eigenvalue weighted by atomic mass is 16.2. The van der Waals surface area contributed by atoms with Gasteiger partial charge in [-0.2, -0.15) is 5.26 Å². The van der Waals surface area contributed by atoms with Gasteiger partial charge >= 0.3 is 6.03 Å². The molecule has 0 spiro atoms. The van der Waals surface area contributed by atoms with Crippen LogP contribution in [-0.2, 0) is 0 Å². The van der Waals surface area contributed by atoms with Crippen LogP contribution >= 0.6 is 0 Å². The minimum absolute atomic E-state index is 0.00519. The minimum atomic E-state index is -0.00519. The van der Waals surface area contributed by atoms with Crippen molar-refractivity contribution in [2.45, 2.75) is 31.7 Å². The highest BCUT2D eigenvalue weighted by Gasteiger charge is 2.27. The molecule has 7 heteroatoms. The second-order valence-electron chi connectivity index (χ2n) is 6.63. The Morgan fingerprint density at radius 3 is 2.72 bits per heavy atom. The van der Waals surface area contributed by atoms with E-state index in [1.54, 1.807) is 18.3 Å². The highest BCUT2D eigenvalue weighted by molar-refractivity contribution is 5.74. The zero-order chi connectivity index (χ0) is 17.5. The Bertz CT molecular complexity index is 614. The van der Waals surface area contributed by atoms with E-state index < -0.39 is 0 Å². The summed E-state index contributed by atoms with van der Waals surface area (Å²) in [6.45, 7) is 4.61. The number of nitriles is 1. The Hall–Kier alpha value is -2.33. The molecular weight excluding hydrogens is 316 g/mol. The Kier molecular flexibility index (Phi) is 6.07. The van der Waals surface area contributed by atoms with Crippen LogP contribution in [0.3, 0.4) is 0 Å². The molecule has 0 bridgehead atoms. The maximum absolute atomic E-state index is 12.3. The van der Waals surface area contributed by atoms with E-state index in [2.05, 4.69) is 26.6 Å². The molecule has 2 N–H and O–H groups in total. The van der Waals surface area contributed by atoms with Gasteiger partial charge in [-0.05, 0) is 25.0 Å². The van der Waals surface area contributed by atoms with Crippen molar-refractivity contribution in [1.29, 1.82) is 5.26 Å². The molecule has 25 heavy (non-hydrogen) atoms. The molecule has 1 saturated carbocycles. The van der Waals surface area contributed by atoms with Gasteiger partial charge in [-0.25, -0.2) is 9.78 Å². The number of anilines is 1. The number of carbonyl (C=O) groups excluding carboxylic acids is 1. The molecule has 1 aliphatic heterocycles. The van der Waals surface area contributed by atoms with Gasteiger partial charge in [0.15, 0.2) is 0 Å². The Balaban J connectivity index is 1.35. The van der Waals surface area contributed by atoms with Crippen molar-refractivity contribution in [2.24, 2.45) is 0 Å². The van der Waals surface area contributed by atoms with E-state index in [0.717, 1.165) is 32.2 Å². The number of amides is 2. The average molecular weight is 342 g/mol. The van der Waals surface area contributed by atoms with Crippen LogP contribution in [0.1, 0.15) is 31.2 Å². The summed E-state index contributed by atoms with van der Waals surface area (Å²) in [5.74, 6) is 0.560. The number of hydrogen-bond donors (Lipinski definition) is 2. The fraction of sp³-hybridized carbons (Fsp3) is 0.611. The Morgan fingerprint density at radius 1 is 1.24 bits per heavy atom. The lowest BCUT2D eigenvalue weighted by atomic mass is 10.2. The first kappa shape index (κ1) is 17.5. The summed E-state index contributed by atoms with van der Waals surface area (Å²) in [4.78, 5) is 20.8. The van der Waals surface area contributed by atoms with Crippen LogP contribution < -0.4 is 10.6 Å². The third-order valence-electron chi connectivity index (χ3n) is 5.06. The van der Waals surface area contributed by atoms with Crippen molar-refractivity contribution in [3.05, 3.63) is 23.9 Å². The number of aromatic nitrogens is 1. The lowest BCUT2D eigenvalue weighted by Crippen LogP contribution is -2.54. The molecule has 3 rings (SSSR count). The molecule has 1 aliphatic carbocycles. The summed E-state index contributed by atoms with van der Waals surface area (Å²) in [5.41, 5.74) is 0.511. The first-order valence-corrected chi connectivity index (χ1v) is 9.14. The predicted octanol–water partition coefficient (Wildman–Crippen LogP) is 1.63. The van der Waals surface area contributed by atoms with Crippen LogP contribution in [0.4, 0.5) is 10.6 Å². The molecule has 0 atom stereocenters. The molecule has 2 aliphatic rings. The van der Waals surface area contributed by atoms with Gasteiger partial charge in [0.25, 0.3) is 0 Å². The van der Waals surface area contributed by atoms with Crippen molar-refractivity contribution < 1.29 is 4.79 Å². The Morgan fingerprint density at radius 2 is 2.00 bits per heavy atom. The normalized spacial score (nSPS) is 18.8. The summed E-state index contributed by atoms with van der Waals surface area (Å²) in [6.07, 6.45) is 6.97. The largest absolute Gasteiger partial charge is 0.367 e. The summed E-state index contributed by atoms with van der Waals surface area (Å²) in [7, 11) is 0. The van der Waals surface area contributed by atoms with Gasteiger partial charge < -0.3 is 15.5 Å². The van der Waals surface area contributed by atoms with Crippen LogP contribution in [0.2, 0.25) is 0 Å². The SMILES string of the molecule is N#Cc1cccnc1NCCNC(=O)N1CCN(C2CCCC2)CC1. The van der Waals surface area contributed by atoms with Gasteiger partial charge in [0.2, 0.25) is 0 Å². The average Bonchev–Trinajstić information content (AvgIpc) is 3.20. The van der Waals surface area contributed by atoms with Crippen molar-refractivity contribution >= 4 is 11.8 Å². The van der Waals surface area contributed by atoms with Gasteiger partial charge in [-0.1, -0.05) is 12.8 Å². The van der Waals surface area contributed by atoms with Gasteiger partial charge in [-0.15, -0.1) is 0 Å². The lowest BCUT2D eigenvalue weighted by molar-refractivity contribution is 0.110. The number of pyridine rings is 1. The molecule has 134 valence electrons. The first-order chi connectivity index (χ1) is 12.3. The fourth-order valence-electron chi connectivity index (χ4n) is 3.66. The second-order valence-corrected chi connectivity index (χ2v) is 6.63. The minimum Gasteiger partial charge on any atom is -0.367 e. The number of urea groups is 1. The van der Waals surface area contributed by atoms with E-state index in [1.807, 2.05) is 4.90 Å². The Labute approximate surface area is 149 Å². The molecular formula is C18H26N6O. The van der Waals surface area contributed by atoms with E-state index >= 15 is 0 Å². The molecule has 0 radical (unpaired) electrons. The molecule has 2 amide bonds. The quantitative estimate of drug-likeness (QED) is 0.795. The molecule has 2 heterocycles. The summed E-state index contributed by atoms with van der Waals surface area (Å²) >= 11 is 0. The van der Waals surface area contributed by atoms with Crippen molar-refractivity contribution in [1.82, 2.24) is 20.1 Å². The van der Waals surface area contributed by atoms with E-state index in [-0.39, 0.29) is 6.03 Å². The van der Waals surface area contributed by atoms with E-state index in [0.29, 0.717) is 24.5 Å². The number of carbonyl (C=O) groups is 1. The zero-order valence-corrected chi connectivity index (χ0v) is 14.6. The van der Waals surface area contributed by atoms with Crippen LogP contribution in [0.5, 0.6) is 0 Å². The maximum Gasteiger partial charge on any atom is 0.317 e. The third kappa shape index (κ3) is 4.60. The van der Waals surface area contributed by atoms with Crippen molar-refractivity contribution in [2.75, 3.05) is 44.6 Å². The monoisotopic (exact) mass is 342 g/mol. The third-order valence-corrected chi connectivity index (χ3v) is 5.06. The summed E-state index contributed by atoms with van der Waals surface area (Å²) in [5, 5.41) is 15.1. The van der Waals surface area contributed by atoms with E-state index in [1.165, 1.54) is 25.7 Å². The summed E-state index contributed by atoms with van der Waals surface area (Å²) < 4.78 is 0. The van der Waals surface area contributed by atoms with Gasteiger partial charge in [-0.3, -0.25) is 4.90 Å². The zero-order valence-electron chi connectivity index (χ0n) is 14.6. The van der Waals surface area contributed by atoms with Crippen LogP contribution in [0.25, 0.3) is 0 Å². The molecule has 1 aromatic rings. The van der Waals surface area contributed by atoms with Gasteiger partial charge in [0, 0.05) is 51.5 Å². The number of rotatable bonds is 5. The van der Waals surface area contributed by atoms with E-state index in [4.69, 9.17) is 5.26 Å². The van der Waals surface area contributed by atoms with Crippen molar-refractivity contribution in [3.63, 3.8) is 0 Å². The fourth-order valence-corrected chi connectivity index (χ4v) is 3.66. The maximum atomic E-state index is 12.3. The molecule has 2 fully saturated rings. The van der Waals surface area contributed by atoms with Crippen LogP contribution in [0, 0.1) is 11.3 Å².